The summed E-state index contributed by atoms with van der Waals surface area (Å²) < 4.78 is 43.4. The summed E-state index contributed by atoms with van der Waals surface area (Å²) in [7, 11) is 0.282. The van der Waals surface area contributed by atoms with Gasteiger partial charge in [0.2, 0.25) is 0 Å². The second-order valence-electron chi connectivity index (χ2n) is 5.26. The predicted octanol–water partition coefficient (Wildman–Crippen LogP) is 4.40. The number of hydrogen-bond donors (Lipinski definition) is 0. The molecule has 0 aliphatic carbocycles. The van der Waals surface area contributed by atoms with Crippen molar-refractivity contribution in [3.63, 3.8) is 0 Å². The molecule has 27 heavy (non-hydrogen) atoms. The van der Waals surface area contributed by atoms with Crippen molar-refractivity contribution in [1.82, 2.24) is 0 Å². The molecule has 0 spiro atoms. The molecular weight excluding hydrogens is 413 g/mol. The van der Waals surface area contributed by atoms with Crippen LogP contribution >= 0.6 is 23.2 Å². The lowest BCUT2D eigenvalue weighted by Crippen LogP contribution is -2.31. The summed E-state index contributed by atoms with van der Waals surface area (Å²) in [5.74, 6) is 1.12. The molecule has 146 valence electrons. The van der Waals surface area contributed by atoms with E-state index in [0.29, 0.717) is 17.2 Å². The Balaban J connectivity index is 2.66. The van der Waals surface area contributed by atoms with Crippen LogP contribution in [0, 0.1) is 0 Å². The van der Waals surface area contributed by atoms with Crippen LogP contribution in [-0.4, -0.2) is 36.3 Å². The van der Waals surface area contributed by atoms with Crippen molar-refractivity contribution in [3.05, 3.63) is 53.0 Å². The van der Waals surface area contributed by atoms with E-state index < -0.39 is 10.0 Å². The van der Waals surface area contributed by atoms with Crippen LogP contribution in [-0.2, 0) is 10.0 Å². The van der Waals surface area contributed by atoms with Gasteiger partial charge in [-0.3, -0.25) is 4.31 Å². The minimum Gasteiger partial charge on any atom is -0.497 e. The molecule has 0 N–H and O–H groups in total. The first-order chi connectivity index (χ1) is 12.8. The Labute approximate surface area is 168 Å². The van der Waals surface area contributed by atoms with Crippen molar-refractivity contribution in [2.45, 2.75) is 4.90 Å². The van der Waals surface area contributed by atoms with E-state index in [4.69, 9.17) is 37.4 Å². The number of ether oxygens (including phenoxy) is 3. The number of methoxy groups -OCH3 is 3. The highest BCUT2D eigenvalue weighted by atomic mass is 35.5. The minimum absolute atomic E-state index is 0.00893. The van der Waals surface area contributed by atoms with E-state index >= 15 is 0 Å². The molecule has 0 aromatic heterocycles. The summed E-state index contributed by atoms with van der Waals surface area (Å²) >= 11 is 12.3. The second-order valence-corrected chi connectivity index (χ2v) is 7.84. The summed E-state index contributed by atoms with van der Waals surface area (Å²) in [6.45, 7) is 3.63. The van der Waals surface area contributed by atoms with Crippen molar-refractivity contribution in [2.24, 2.45) is 0 Å². The normalized spacial score (nSPS) is 11.0. The van der Waals surface area contributed by atoms with Gasteiger partial charge in [-0.1, -0.05) is 29.3 Å². The first-order valence-corrected chi connectivity index (χ1v) is 9.89. The highest BCUT2D eigenvalue weighted by Crippen LogP contribution is 2.40. The van der Waals surface area contributed by atoms with Gasteiger partial charge in [-0.05, 0) is 24.3 Å². The Kier molecular flexibility index (Phi) is 6.86. The topological polar surface area (TPSA) is 65.1 Å². The van der Waals surface area contributed by atoms with Gasteiger partial charge in [0.25, 0.3) is 10.0 Å². The number of sulfonamides is 1. The molecule has 0 aliphatic heterocycles. The molecule has 2 aromatic rings. The Bertz CT molecular complexity index is 947. The van der Waals surface area contributed by atoms with Gasteiger partial charge in [0.05, 0.1) is 38.6 Å². The summed E-state index contributed by atoms with van der Waals surface area (Å²) in [6, 6.07) is 7.58. The molecule has 0 aliphatic rings. The summed E-state index contributed by atoms with van der Waals surface area (Å²) in [4.78, 5) is -0.158. The van der Waals surface area contributed by atoms with E-state index in [9.17, 15) is 8.42 Å². The maximum Gasteiger partial charge on any atom is 0.266 e. The number of anilines is 1. The number of hydrogen-bond acceptors (Lipinski definition) is 5. The molecule has 6 nitrogen and oxygen atoms in total. The van der Waals surface area contributed by atoms with Crippen LogP contribution in [0.25, 0.3) is 0 Å². The van der Waals surface area contributed by atoms with Crippen LogP contribution in [0.3, 0.4) is 0 Å². The van der Waals surface area contributed by atoms with Crippen molar-refractivity contribution in [1.29, 1.82) is 0 Å². The first-order valence-electron chi connectivity index (χ1n) is 7.69. The molecule has 0 heterocycles. The fraction of sp³-hybridized carbons (Fsp3) is 0.222. The number of halogens is 2. The van der Waals surface area contributed by atoms with E-state index in [-0.39, 0.29) is 27.2 Å². The molecule has 0 bridgehead atoms. The molecule has 0 saturated heterocycles. The van der Waals surface area contributed by atoms with Crippen molar-refractivity contribution in [2.75, 3.05) is 32.2 Å². The molecular formula is C18H19Cl2NO5S. The van der Waals surface area contributed by atoms with Gasteiger partial charge in [-0.15, -0.1) is 6.58 Å². The standard InChI is InChI=1S/C18H19Cl2NO5S/c1-5-10-21(13-7-6-12(24-2)11-15(13)26-4)27(22,23)16-9-8-14(25-3)17(19)18(16)20/h5-9,11H,1,10H2,2-4H3. The van der Waals surface area contributed by atoms with Crippen molar-refractivity contribution in [3.8, 4) is 17.2 Å². The van der Waals surface area contributed by atoms with Crippen molar-refractivity contribution >= 4 is 38.9 Å². The zero-order valence-corrected chi connectivity index (χ0v) is 17.4. The van der Waals surface area contributed by atoms with E-state index in [1.54, 1.807) is 18.2 Å². The largest absolute Gasteiger partial charge is 0.497 e. The zero-order valence-electron chi connectivity index (χ0n) is 15.0. The van der Waals surface area contributed by atoms with Gasteiger partial charge in [0.1, 0.15) is 27.2 Å². The van der Waals surface area contributed by atoms with Crippen LogP contribution in [0.15, 0.2) is 47.9 Å². The molecule has 0 radical (unpaired) electrons. The van der Waals surface area contributed by atoms with Gasteiger partial charge in [-0.2, -0.15) is 0 Å². The first kappa shape index (κ1) is 21.2. The van der Waals surface area contributed by atoms with Crippen LogP contribution < -0.4 is 18.5 Å². The highest BCUT2D eigenvalue weighted by Gasteiger charge is 2.30. The molecule has 9 heteroatoms. The summed E-state index contributed by atoms with van der Waals surface area (Å²) in [6.07, 6.45) is 1.46. The molecule has 0 unspecified atom stereocenters. The van der Waals surface area contributed by atoms with Crippen LogP contribution in [0.4, 0.5) is 5.69 Å². The zero-order chi connectivity index (χ0) is 20.2. The average molecular weight is 432 g/mol. The fourth-order valence-electron chi connectivity index (χ4n) is 2.42. The Morgan fingerprint density at radius 2 is 1.67 bits per heavy atom. The summed E-state index contributed by atoms with van der Waals surface area (Å²) in [5, 5.41) is -0.113. The third-order valence-corrected chi connectivity index (χ3v) is 6.55. The highest BCUT2D eigenvalue weighted by molar-refractivity contribution is 7.93. The van der Waals surface area contributed by atoms with Gasteiger partial charge >= 0.3 is 0 Å². The van der Waals surface area contributed by atoms with E-state index in [2.05, 4.69) is 6.58 Å². The molecule has 0 saturated carbocycles. The van der Waals surface area contributed by atoms with E-state index in [1.165, 1.54) is 39.5 Å². The third kappa shape index (κ3) is 4.10. The van der Waals surface area contributed by atoms with Gasteiger partial charge in [-0.25, -0.2) is 8.42 Å². The predicted molar refractivity (Wildman–Crippen MR) is 107 cm³/mol. The second kappa shape index (κ2) is 8.73. The van der Waals surface area contributed by atoms with Crippen LogP contribution in [0.1, 0.15) is 0 Å². The van der Waals surface area contributed by atoms with Crippen LogP contribution in [0.2, 0.25) is 10.0 Å². The summed E-state index contributed by atoms with van der Waals surface area (Å²) in [5.41, 5.74) is 0.307. The van der Waals surface area contributed by atoms with E-state index in [0.717, 1.165) is 4.31 Å². The Morgan fingerprint density at radius 3 is 2.22 bits per heavy atom. The quantitative estimate of drug-likeness (QED) is 0.579. The molecule has 0 fully saturated rings. The lowest BCUT2D eigenvalue weighted by molar-refractivity contribution is 0.395. The average Bonchev–Trinajstić information content (AvgIpc) is 2.67. The lowest BCUT2D eigenvalue weighted by Gasteiger charge is -2.26. The Morgan fingerprint density at radius 1 is 1.00 bits per heavy atom. The maximum absolute atomic E-state index is 13.3. The van der Waals surface area contributed by atoms with Gasteiger partial charge in [0, 0.05) is 6.07 Å². The maximum atomic E-state index is 13.3. The number of benzene rings is 2. The molecule has 0 atom stereocenters. The SMILES string of the molecule is C=CCN(c1ccc(OC)cc1OC)S(=O)(=O)c1ccc(OC)c(Cl)c1Cl. The van der Waals surface area contributed by atoms with Crippen molar-refractivity contribution < 1.29 is 22.6 Å². The van der Waals surface area contributed by atoms with Gasteiger partial charge < -0.3 is 14.2 Å². The van der Waals surface area contributed by atoms with E-state index in [1.807, 2.05) is 0 Å². The van der Waals surface area contributed by atoms with Crippen LogP contribution in [0.5, 0.6) is 17.2 Å². The van der Waals surface area contributed by atoms with Gasteiger partial charge in [0.15, 0.2) is 0 Å². The number of rotatable bonds is 8. The monoisotopic (exact) mass is 431 g/mol. The molecule has 2 aromatic carbocycles. The smallest absolute Gasteiger partial charge is 0.266 e. The molecule has 2 rings (SSSR count). The Hall–Kier alpha value is -2.09. The minimum atomic E-state index is -4.08. The fourth-order valence-corrected chi connectivity index (χ4v) is 4.69. The number of nitrogens with zero attached hydrogens (tertiary/aromatic N) is 1. The molecule has 0 amide bonds. The third-order valence-electron chi connectivity index (χ3n) is 3.75. The lowest BCUT2D eigenvalue weighted by atomic mass is 10.2.